The van der Waals surface area contributed by atoms with Crippen molar-refractivity contribution in [3.63, 3.8) is 0 Å². The molecule has 39 heavy (non-hydrogen) atoms. The van der Waals surface area contributed by atoms with Crippen LogP contribution in [-0.4, -0.2) is 36.2 Å². The fraction of sp³-hybridized carbons (Fsp3) is 0.312. The van der Waals surface area contributed by atoms with Gasteiger partial charge in [0.25, 0.3) is 5.91 Å². The van der Waals surface area contributed by atoms with Gasteiger partial charge in [-0.2, -0.15) is 0 Å². The zero-order valence-electron chi connectivity index (χ0n) is 22.1. The number of nitrogens with zero attached hydrogens (tertiary/aromatic N) is 2. The smallest absolute Gasteiger partial charge is 0.409 e. The molecule has 1 heterocycles. The van der Waals surface area contributed by atoms with Gasteiger partial charge < -0.3 is 9.64 Å². The normalized spacial score (nSPS) is 18.4. The number of benzodiazepines with no additional fused rings is 1. The van der Waals surface area contributed by atoms with Crippen molar-refractivity contribution in [2.75, 3.05) is 11.4 Å². The summed E-state index contributed by atoms with van der Waals surface area (Å²) in [5.41, 5.74) is 3.04. The Balaban J connectivity index is 1.48. The number of ketones is 1. The lowest BCUT2D eigenvalue weighted by atomic mass is 9.72. The number of hydrogen-bond donors (Lipinski definition) is 1. The highest BCUT2D eigenvalue weighted by Crippen LogP contribution is 2.38. The SMILES string of the molecule is CC1(C(=O)CN2C(=O)C(NC(=O)OCc3ccccc3)N=C(c3ccccc3)c3ccccc32)CCCCC1. The van der Waals surface area contributed by atoms with Crippen molar-refractivity contribution in [3.05, 3.63) is 102 Å². The number of anilines is 1. The van der Waals surface area contributed by atoms with E-state index in [0.29, 0.717) is 11.4 Å². The second-order valence-electron chi connectivity index (χ2n) is 10.4. The quantitative estimate of drug-likeness (QED) is 0.433. The maximum atomic E-state index is 14.0. The molecular weight excluding hydrogens is 490 g/mol. The molecule has 1 N–H and O–H groups in total. The van der Waals surface area contributed by atoms with E-state index in [1.807, 2.05) is 91.9 Å². The summed E-state index contributed by atoms with van der Waals surface area (Å²) in [6, 6.07) is 26.3. The number of aliphatic imine (C=N–C) groups is 1. The van der Waals surface area contributed by atoms with Gasteiger partial charge in [0.1, 0.15) is 6.61 Å². The Morgan fingerprint density at radius 2 is 1.56 bits per heavy atom. The van der Waals surface area contributed by atoms with E-state index in [0.717, 1.165) is 48.8 Å². The first-order chi connectivity index (χ1) is 18.9. The summed E-state index contributed by atoms with van der Waals surface area (Å²) in [6.07, 6.45) is 2.74. The second kappa shape index (κ2) is 11.6. The van der Waals surface area contributed by atoms with Crippen molar-refractivity contribution in [1.82, 2.24) is 5.32 Å². The highest BCUT2D eigenvalue weighted by molar-refractivity contribution is 6.21. The summed E-state index contributed by atoms with van der Waals surface area (Å²) < 4.78 is 5.41. The molecule has 1 aliphatic carbocycles. The highest BCUT2D eigenvalue weighted by Gasteiger charge is 2.39. The van der Waals surface area contributed by atoms with Gasteiger partial charge in [0, 0.05) is 16.5 Å². The molecule has 1 aliphatic heterocycles. The first-order valence-electron chi connectivity index (χ1n) is 13.5. The molecule has 3 aromatic carbocycles. The third-order valence-electron chi connectivity index (χ3n) is 7.65. The van der Waals surface area contributed by atoms with Crippen LogP contribution >= 0.6 is 0 Å². The summed E-state index contributed by atoms with van der Waals surface area (Å²) in [4.78, 5) is 46.7. The summed E-state index contributed by atoms with van der Waals surface area (Å²) in [5.74, 6) is -0.447. The van der Waals surface area contributed by atoms with Crippen LogP contribution in [0.1, 0.15) is 55.7 Å². The second-order valence-corrected chi connectivity index (χ2v) is 10.4. The fourth-order valence-electron chi connectivity index (χ4n) is 5.33. The molecule has 0 aromatic heterocycles. The van der Waals surface area contributed by atoms with Crippen molar-refractivity contribution < 1.29 is 19.1 Å². The van der Waals surface area contributed by atoms with Gasteiger partial charge in [-0.1, -0.05) is 105 Å². The van der Waals surface area contributed by atoms with Crippen LogP contribution in [0.3, 0.4) is 0 Å². The van der Waals surface area contributed by atoms with Crippen molar-refractivity contribution in [2.45, 2.75) is 51.8 Å². The fourth-order valence-corrected chi connectivity index (χ4v) is 5.33. The zero-order chi connectivity index (χ0) is 27.2. The summed E-state index contributed by atoms with van der Waals surface area (Å²) in [7, 11) is 0. The van der Waals surface area contributed by atoms with E-state index in [-0.39, 0.29) is 18.9 Å². The number of benzene rings is 3. The molecular formula is C32H33N3O4. The molecule has 0 radical (unpaired) electrons. The van der Waals surface area contributed by atoms with Crippen LogP contribution in [0.2, 0.25) is 0 Å². The number of carbonyl (C=O) groups excluding carboxylic acids is 3. The molecule has 1 unspecified atom stereocenters. The van der Waals surface area contributed by atoms with Gasteiger partial charge in [0.05, 0.1) is 17.9 Å². The molecule has 5 rings (SSSR count). The lowest BCUT2D eigenvalue weighted by molar-refractivity contribution is -0.130. The van der Waals surface area contributed by atoms with Crippen LogP contribution in [0.15, 0.2) is 89.9 Å². The van der Waals surface area contributed by atoms with Gasteiger partial charge in [-0.3, -0.25) is 14.9 Å². The molecule has 2 amide bonds. The van der Waals surface area contributed by atoms with Crippen molar-refractivity contribution in [1.29, 1.82) is 0 Å². The molecule has 0 saturated heterocycles. The summed E-state index contributed by atoms with van der Waals surface area (Å²) >= 11 is 0. The number of nitrogens with one attached hydrogen (secondary N) is 1. The first-order valence-corrected chi connectivity index (χ1v) is 13.5. The number of Topliss-reactive ketones (excluding diaryl/α,β-unsaturated/α-hetero) is 1. The summed E-state index contributed by atoms with van der Waals surface area (Å²) in [6.45, 7) is 1.98. The number of alkyl carbamates (subject to hydrolysis) is 1. The Labute approximate surface area is 228 Å². The minimum absolute atomic E-state index is 0.0268. The van der Waals surface area contributed by atoms with Crippen molar-refractivity contribution in [3.8, 4) is 0 Å². The molecule has 2 aliphatic rings. The molecule has 1 fully saturated rings. The Kier molecular flexibility index (Phi) is 7.87. The average molecular weight is 524 g/mol. The molecule has 0 bridgehead atoms. The van der Waals surface area contributed by atoms with Crippen LogP contribution in [0.25, 0.3) is 0 Å². The van der Waals surface area contributed by atoms with Gasteiger partial charge >= 0.3 is 6.09 Å². The van der Waals surface area contributed by atoms with Crippen molar-refractivity contribution >= 4 is 29.2 Å². The predicted molar refractivity (Wildman–Crippen MR) is 151 cm³/mol. The van der Waals surface area contributed by atoms with E-state index in [2.05, 4.69) is 5.32 Å². The minimum atomic E-state index is -1.26. The van der Waals surface area contributed by atoms with Gasteiger partial charge in [-0.05, 0) is 24.5 Å². The third-order valence-corrected chi connectivity index (χ3v) is 7.65. The van der Waals surface area contributed by atoms with Crippen LogP contribution in [-0.2, 0) is 20.9 Å². The summed E-state index contributed by atoms with van der Waals surface area (Å²) in [5, 5.41) is 2.65. The third kappa shape index (κ3) is 5.93. The molecule has 0 spiro atoms. The van der Waals surface area contributed by atoms with Crippen LogP contribution < -0.4 is 10.2 Å². The molecule has 3 aromatic rings. The van der Waals surface area contributed by atoms with E-state index in [4.69, 9.17) is 9.73 Å². The van der Waals surface area contributed by atoms with E-state index < -0.39 is 23.6 Å². The van der Waals surface area contributed by atoms with Crippen LogP contribution in [0.5, 0.6) is 0 Å². The topological polar surface area (TPSA) is 88.1 Å². The lowest BCUT2D eigenvalue weighted by Crippen LogP contribution is -2.50. The molecule has 1 saturated carbocycles. The Hall–Kier alpha value is -4.26. The number of ether oxygens (including phenoxy) is 1. The lowest BCUT2D eigenvalue weighted by Gasteiger charge is -2.34. The largest absolute Gasteiger partial charge is 0.445 e. The Morgan fingerprint density at radius 1 is 0.923 bits per heavy atom. The Bertz CT molecular complexity index is 1360. The predicted octanol–water partition coefficient (Wildman–Crippen LogP) is 5.66. The van der Waals surface area contributed by atoms with E-state index in [9.17, 15) is 14.4 Å². The van der Waals surface area contributed by atoms with Crippen LogP contribution in [0, 0.1) is 5.41 Å². The highest BCUT2D eigenvalue weighted by atomic mass is 16.5. The standard InChI is InChI=1S/C32H33N3O4/c1-32(19-11-4-12-20-32)27(36)21-35-26-18-10-9-17-25(26)28(24-15-7-3-8-16-24)33-29(30(35)37)34-31(38)39-22-23-13-5-2-6-14-23/h2-3,5-10,13-18,29H,4,11-12,19-22H2,1H3,(H,34,38). The first kappa shape index (κ1) is 26.4. The average Bonchev–Trinajstić information content (AvgIpc) is 3.08. The van der Waals surface area contributed by atoms with E-state index >= 15 is 0 Å². The monoisotopic (exact) mass is 523 g/mol. The molecule has 200 valence electrons. The van der Waals surface area contributed by atoms with Gasteiger partial charge in [0.15, 0.2) is 5.78 Å². The van der Waals surface area contributed by atoms with Gasteiger partial charge in [-0.15, -0.1) is 0 Å². The number of hydrogen-bond acceptors (Lipinski definition) is 5. The van der Waals surface area contributed by atoms with Crippen LogP contribution in [0.4, 0.5) is 10.5 Å². The van der Waals surface area contributed by atoms with Crippen molar-refractivity contribution in [2.24, 2.45) is 10.4 Å². The minimum Gasteiger partial charge on any atom is -0.445 e. The number of rotatable bonds is 7. The molecule has 7 heteroatoms. The number of fused-ring (bicyclic) bond motifs is 1. The molecule has 7 nitrogen and oxygen atoms in total. The number of para-hydroxylation sites is 1. The van der Waals surface area contributed by atoms with Gasteiger partial charge in [-0.25, -0.2) is 9.79 Å². The number of carbonyl (C=O) groups is 3. The zero-order valence-corrected chi connectivity index (χ0v) is 22.1. The maximum absolute atomic E-state index is 14.0. The number of amides is 2. The van der Waals surface area contributed by atoms with E-state index in [1.54, 1.807) is 0 Å². The molecule has 1 atom stereocenters. The Morgan fingerprint density at radius 3 is 2.28 bits per heavy atom. The van der Waals surface area contributed by atoms with E-state index in [1.165, 1.54) is 4.90 Å². The van der Waals surface area contributed by atoms with Gasteiger partial charge in [0.2, 0.25) is 6.17 Å². The maximum Gasteiger partial charge on any atom is 0.409 e.